The Kier molecular flexibility index (Phi) is 6.81. The van der Waals surface area contributed by atoms with E-state index in [0.717, 1.165) is 18.8 Å². The Bertz CT molecular complexity index is 838. The van der Waals surface area contributed by atoms with Crippen LogP contribution < -0.4 is 0 Å². The van der Waals surface area contributed by atoms with Gasteiger partial charge < -0.3 is 0 Å². The van der Waals surface area contributed by atoms with Gasteiger partial charge in [-0.2, -0.15) is 13.2 Å². The molecule has 3 rings (SSSR count). The highest BCUT2D eigenvalue weighted by Gasteiger charge is 2.37. The third-order valence-corrected chi connectivity index (χ3v) is 6.04. The molecule has 0 saturated heterocycles. The predicted octanol–water partition coefficient (Wildman–Crippen LogP) is 8.62. The Morgan fingerprint density at radius 3 is 2.17 bits per heavy atom. The van der Waals surface area contributed by atoms with Crippen LogP contribution >= 0.6 is 0 Å². The summed E-state index contributed by atoms with van der Waals surface area (Å²) in [5.74, 6) is 0.104. The zero-order chi connectivity index (χ0) is 21.0. The van der Waals surface area contributed by atoms with Gasteiger partial charge >= 0.3 is 6.18 Å². The summed E-state index contributed by atoms with van der Waals surface area (Å²) in [6.45, 7) is 3.83. The van der Waals surface area contributed by atoms with Crippen molar-refractivity contribution in [3.63, 3.8) is 0 Å². The van der Waals surface area contributed by atoms with E-state index in [4.69, 9.17) is 0 Å². The molecular weight excluding hydrogens is 376 g/mol. The summed E-state index contributed by atoms with van der Waals surface area (Å²) in [6.07, 6.45) is 5.29. The molecular formula is C25H28F4. The molecule has 4 heteroatoms. The van der Waals surface area contributed by atoms with Crippen LogP contribution in [-0.4, -0.2) is 0 Å². The Hall–Kier alpha value is -2.10. The van der Waals surface area contributed by atoms with Crippen molar-refractivity contribution < 1.29 is 17.6 Å². The van der Waals surface area contributed by atoms with Crippen molar-refractivity contribution in [1.82, 2.24) is 0 Å². The second-order valence-electron chi connectivity index (χ2n) is 8.02. The van der Waals surface area contributed by atoms with Crippen molar-refractivity contribution in [3.05, 3.63) is 65.0 Å². The summed E-state index contributed by atoms with van der Waals surface area (Å²) in [5, 5.41) is 0. The Morgan fingerprint density at radius 2 is 1.62 bits per heavy atom. The Balaban J connectivity index is 1.85. The summed E-state index contributed by atoms with van der Waals surface area (Å²) >= 11 is 0. The first-order chi connectivity index (χ1) is 13.8. The van der Waals surface area contributed by atoms with E-state index in [1.807, 2.05) is 12.1 Å². The van der Waals surface area contributed by atoms with E-state index in [2.05, 4.69) is 6.92 Å². The van der Waals surface area contributed by atoms with Crippen LogP contribution in [0.4, 0.5) is 17.6 Å². The molecule has 0 amide bonds. The third-order valence-electron chi connectivity index (χ3n) is 6.04. The van der Waals surface area contributed by atoms with E-state index in [1.165, 1.54) is 55.5 Å². The fraction of sp³-hybridized carbons (Fsp3) is 0.440. The van der Waals surface area contributed by atoms with E-state index in [9.17, 15) is 17.6 Å². The predicted molar refractivity (Wildman–Crippen MR) is 111 cm³/mol. The highest BCUT2D eigenvalue weighted by Crippen LogP contribution is 2.40. The van der Waals surface area contributed by atoms with Crippen LogP contribution in [0.15, 0.2) is 42.5 Å². The van der Waals surface area contributed by atoms with Crippen molar-refractivity contribution >= 4 is 6.08 Å². The average molecular weight is 404 g/mol. The minimum atomic E-state index is -4.74. The number of halogens is 4. The second-order valence-corrected chi connectivity index (χ2v) is 8.02. The molecule has 0 aliphatic heterocycles. The number of hydrogen-bond donors (Lipinski definition) is 0. The molecule has 1 fully saturated rings. The maximum Gasteiger partial charge on any atom is 0.419 e. The monoisotopic (exact) mass is 404 g/mol. The first-order valence-corrected chi connectivity index (χ1v) is 10.5. The maximum atomic E-state index is 14.9. The number of rotatable bonds is 5. The van der Waals surface area contributed by atoms with Crippen LogP contribution in [0.1, 0.15) is 75.0 Å². The lowest BCUT2D eigenvalue weighted by Crippen LogP contribution is -2.13. The third kappa shape index (κ3) is 4.91. The van der Waals surface area contributed by atoms with Gasteiger partial charge in [0, 0.05) is 5.56 Å². The number of alkyl halides is 3. The summed E-state index contributed by atoms with van der Waals surface area (Å²) in [7, 11) is 0. The molecule has 2 aromatic rings. The normalized spacial score (nSPS) is 20.3. The lowest BCUT2D eigenvalue weighted by molar-refractivity contribution is -0.140. The van der Waals surface area contributed by atoms with E-state index in [-0.39, 0.29) is 11.1 Å². The Labute approximate surface area is 170 Å². The molecule has 0 radical (unpaired) electrons. The summed E-state index contributed by atoms with van der Waals surface area (Å²) in [5.41, 5.74) is 0.311. The maximum absolute atomic E-state index is 14.9. The molecule has 0 nitrogen and oxygen atoms in total. The van der Waals surface area contributed by atoms with E-state index in [0.29, 0.717) is 11.5 Å². The summed E-state index contributed by atoms with van der Waals surface area (Å²) in [4.78, 5) is 0. The minimum absolute atomic E-state index is 0.0104. The van der Waals surface area contributed by atoms with Crippen LogP contribution in [-0.2, 0) is 6.18 Å². The lowest BCUT2D eigenvalue weighted by Gasteiger charge is -2.28. The van der Waals surface area contributed by atoms with Crippen molar-refractivity contribution in [2.45, 2.75) is 64.5 Å². The van der Waals surface area contributed by atoms with Gasteiger partial charge in [0.15, 0.2) is 0 Å². The van der Waals surface area contributed by atoms with Gasteiger partial charge in [0.2, 0.25) is 0 Å². The van der Waals surface area contributed by atoms with Gasteiger partial charge in [0.25, 0.3) is 0 Å². The molecule has 1 aliphatic carbocycles. The zero-order valence-electron chi connectivity index (χ0n) is 17.0. The first kappa shape index (κ1) is 21.6. The van der Waals surface area contributed by atoms with Gasteiger partial charge in [-0.1, -0.05) is 68.3 Å². The van der Waals surface area contributed by atoms with Gasteiger partial charge in [0.05, 0.1) is 5.56 Å². The molecule has 0 atom stereocenters. The average Bonchev–Trinajstić information content (AvgIpc) is 2.68. The number of allylic oxidation sites excluding steroid dienone is 1. The molecule has 0 N–H and O–H groups in total. The van der Waals surface area contributed by atoms with Crippen LogP contribution in [0.25, 0.3) is 17.2 Å². The lowest BCUT2D eigenvalue weighted by atomic mass is 9.77. The molecule has 0 aromatic heterocycles. The summed E-state index contributed by atoms with van der Waals surface area (Å²) < 4.78 is 55.2. The first-order valence-electron chi connectivity index (χ1n) is 10.5. The smallest absolute Gasteiger partial charge is 0.206 e. The minimum Gasteiger partial charge on any atom is -0.206 e. The molecule has 1 saturated carbocycles. The molecule has 0 bridgehead atoms. The quantitative estimate of drug-likeness (QED) is 0.438. The SMILES string of the molecule is CC=Cc1ccc(-c2ccc(C3CCC(CCC)CC3)cc2)c(F)c1C(F)(F)F. The van der Waals surface area contributed by atoms with Crippen LogP contribution in [0, 0.1) is 11.7 Å². The number of hydrogen-bond acceptors (Lipinski definition) is 0. The van der Waals surface area contributed by atoms with Crippen LogP contribution in [0.3, 0.4) is 0 Å². The summed E-state index contributed by atoms with van der Waals surface area (Å²) in [6, 6.07) is 10.2. The molecule has 2 aromatic carbocycles. The van der Waals surface area contributed by atoms with Gasteiger partial charge in [-0.3, -0.25) is 0 Å². The molecule has 0 heterocycles. The molecule has 1 aliphatic rings. The van der Waals surface area contributed by atoms with E-state index >= 15 is 0 Å². The van der Waals surface area contributed by atoms with Gasteiger partial charge in [-0.15, -0.1) is 0 Å². The van der Waals surface area contributed by atoms with Crippen molar-refractivity contribution in [2.24, 2.45) is 5.92 Å². The van der Waals surface area contributed by atoms with Crippen molar-refractivity contribution in [1.29, 1.82) is 0 Å². The fourth-order valence-electron chi connectivity index (χ4n) is 4.55. The van der Waals surface area contributed by atoms with Gasteiger partial charge in [-0.05, 0) is 61.1 Å². The van der Waals surface area contributed by atoms with Crippen LogP contribution in [0.5, 0.6) is 0 Å². The second kappa shape index (κ2) is 9.15. The molecule has 29 heavy (non-hydrogen) atoms. The van der Waals surface area contributed by atoms with Crippen LogP contribution in [0.2, 0.25) is 0 Å². The molecule has 0 unspecified atom stereocenters. The fourth-order valence-corrected chi connectivity index (χ4v) is 4.55. The van der Waals surface area contributed by atoms with E-state index < -0.39 is 17.6 Å². The van der Waals surface area contributed by atoms with Gasteiger partial charge in [-0.25, -0.2) is 4.39 Å². The highest BCUT2D eigenvalue weighted by molar-refractivity contribution is 5.69. The zero-order valence-corrected chi connectivity index (χ0v) is 17.0. The number of benzene rings is 2. The molecule has 156 valence electrons. The largest absolute Gasteiger partial charge is 0.419 e. The van der Waals surface area contributed by atoms with Crippen molar-refractivity contribution in [2.75, 3.05) is 0 Å². The van der Waals surface area contributed by atoms with Gasteiger partial charge in [0.1, 0.15) is 5.82 Å². The van der Waals surface area contributed by atoms with E-state index in [1.54, 1.807) is 19.1 Å². The topological polar surface area (TPSA) is 0 Å². The molecule has 0 spiro atoms. The van der Waals surface area contributed by atoms with Crippen molar-refractivity contribution in [3.8, 4) is 11.1 Å². The highest BCUT2D eigenvalue weighted by atomic mass is 19.4. The Morgan fingerprint density at radius 1 is 0.966 bits per heavy atom. The standard InChI is InChI=1S/C25H28F4/c1-3-5-17-7-9-18(10-8-17)19-11-13-20(14-12-19)22-16-15-21(6-4-2)23(24(22)26)25(27,28)29/h4,6,11-18H,3,5,7-10H2,1-2H3.